The van der Waals surface area contributed by atoms with Gasteiger partial charge in [0, 0.05) is 31.0 Å². The molecule has 0 spiro atoms. The molecule has 1 aliphatic carbocycles. The quantitative estimate of drug-likeness (QED) is 0.664. The fourth-order valence-corrected chi connectivity index (χ4v) is 4.11. The lowest BCUT2D eigenvalue weighted by molar-refractivity contribution is -0.137. The number of hydrogen-bond acceptors (Lipinski definition) is 5. The molecule has 0 saturated carbocycles. The summed E-state index contributed by atoms with van der Waals surface area (Å²) >= 11 is 0. The van der Waals surface area contributed by atoms with Gasteiger partial charge in [-0.25, -0.2) is 0 Å². The van der Waals surface area contributed by atoms with Crippen LogP contribution >= 0.6 is 0 Å². The molecule has 6 nitrogen and oxygen atoms in total. The SMILES string of the molecule is CCC(CC)N(C(=O)CCc1nnc(C(C)C)o1)C1CCCc2cccnc21. The number of carbonyl (C=O) groups excluding carboxylic acids is 1. The van der Waals surface area contributed by atoms with Crippen LogP contribution in [0.25, 0.3) is 0 Å². The molecule has 0 saturated heterocycles. The van der Waals surface area contributed by atoms with Crippen LogP contribution in [0.4, 0.5) is 0 Å². The Kier molecular flexibility index (Phi) is 6.81. The highest BCUT2D eigenvalue weighted by atomic mass is 16.4. The molecule has 6 heteroatoms. The van der Waals surface area contributed by atoms with E-state index < -0.39 is 0 Å². The highest BCUT2D eigenvalue weighted by Crippen LogP contribution is 2.35. The number of nitrogens with zero attached hydrogens (tertiary/aromatic N) is 4. The minimum absolute atomic E-state index is 0.0660. The maximum atomic E-state index is 13.3. The van der Waals surface area contributed by atoms with Gasteiger partial charge in [0.15, 0.2) is 0 Å². The van der Waals surface area contributed by atoms with Crippen LogP contribution < -0.4 is 0 Å². The zero-order chi connectivity index (χ0) is 20.1. The fraction of sp³-hybridized carbons (Fsp3) is 0.636. The second-order valence-electron chi connectivity index (χ2n) is 7.92. The van der Waals surface area contributed by atoms with Crippen molar-refractivity contribution in [3.8, 4) is 0 Å². The molecule has 3 rings (SSSR count). The minimum Gasteiger partial charge on any atom is -0.425 e. The van der Waals surface area contributed by atoms with Gasteiger partial charge in [-0.2, -0.15) is 0 Å². The Balaban J connectivity index is 1.79. The number of fused-ring (bicyclic) bond motifs is 1. The maximum absolute atomic E-state index is 13.3. The van der Waals surface area contributed by atoms with E-state index in [-0.39, 0.29) is 23.9 Å². The maximum Gasteiger partial charge on any atom is 0.223 e. The summed E-state index contributed by atoms with van der Waals surface area (Å²) in [7, 11) is 0. The van der Waals surface area contributed by atoms with Crippen molar-refractivity contribution in [2.45, 2.75) is 90.6 Å². The Morgan fingerprint density at radius 2 is 2.07 bits per heavy atom. The van der Waals surface area contributed by atoms with Gasteiger partial charge in [0.05, 0.1) is 11.7 Å². The normalized spacial score (nSPS) is 16.4. The Labute approximate surface area is 167 Å². The molecular formula is C22H32N4O2. The Hall–Kier alpha value is -2.24. The molecule has 1 amide bonds. The van der Waals surface area contributed by atoms with Crippen molar-refractivity contribution in [2.75, 3.05) is 0 Å². The van der Waals surface area contributed by atoms with Crippen LogP contribution in [0, 0.1) is 0 Å². The predicted molar refractivity (Wildman–Crippen MR) is 108 cm³/mol. The van der Waals surface area contributed by atoms with Crippen LogP contribution in [-0.4, -0.2) is 32.0 Å². The molecule has 2 aromatic heterocycles. The van der Waals surface area contributed by atoms with E-state index in [4.69, 9.17) is 4.42 Å². The van der Waals surface area contributed by atoms with Crippen molar-refractivity contribution >= 4 is 5.91 Å². The lowest BCUT2D eigenvalue weighted by atomic mass is 9.89. The van der Waals surface area contributed by atoms with E-state index in [0.29, 0.717) is 24.6 Å². The number of carbonyl (C=O) groups is 1. The molecule has 2 heterocycles. The van der Waals surface area contributed by atoms with Gasteiger partial charge in [0.1, 0.15) is 0 Å². The summed E-state index contributed by atoms with van der Waals surface area (Å²) in [4.78, 5) is 20.1. The number of aromatic nitrogens is 3. The van der Waals surface area contributed by atoms with E-state index in [2.05, 4.69) is 40.0 Å². The molecular weight excluding hydrogens is 352 g/mol. The topological polar surface area (TPSA) is 72.1 Å². The second kappa shape index (κ2) is 9.30. The van der Waals surface area contributed by atoms with Crippen molar-refractivity contribution in [1.82, 2.24) is 20.1 Å². The van der Waals surface area contributed by atoms with Gasteiger partial charge < -0.3 is 9.32 Å². The van der Waals surface area contributed by atoms with E-state index in [1.54, 1.807) is 0 Å². The molecule has 152 valence electrons. The van der Waals surface area contributed by atoms with E-state index >= 15 is 0 Å². The first kappa shape index (κ1) is 20.5. The molecule has 2 aromatic rings. The molecule has 0 aromatic carbocycles. The van der Waals surface area contributed by atoms with Crippen molar-refractivity contribution in [2.24, 2.45) is 0 Å². The fourth-order valence-electron chi connectivity index (χ4n) is 4.11. The minimum atomic E-state index is 0.0660. The number of aryl methyl sites for hydroxylation is 2. The van der Waals surface area contributed by atoms with Crippen LogP contribution in [-0.2, 0) is 17.6 Å². The molecule has 0 aliphatic heterocycles. The van der Waals surface area contributed by atoms with Crippen molar-refractivity contribution in [3.05, 3.63) is 41.4 Å². The van der Waals surface area contributed by atoms with Gasteiger partial charge in [-0.3, -0.25) is 9.78 Å². The summed E-state index contributed by atoms with van der Waals surface area (Å²) in [6, 6.07) is 4.43. The number of rotatable bonds is 8. The van der Waals surface area contributed by atoms with Crippen molar-refractivity contribution in [1.29, 1.82) is 0 Å². The standard InChI is InChI=1S/C22H32N4O2/c1-5-17(6-2)26(18-11-7-9-16-10-8-14-23-21(16)18)20(27)13-12-19-24-25-22(28-19)15(3)4/h8,10,14-15,17-18H,5-7,9,11-13H2,1-4H3. The average molecular weight is 385 g/mol. The van der Waals surface area contributed by atoms with E-state index in [1.165, 1.54) is 5.56 Å². The summed E-state index contributed by atoms with van der Waals surface area (Å²) in [6.45, 7) is 8.35. The number of pyridine rings is 1. The van der Waals surface area contributed by atoms with Crippen LogP contribution in [0.15, 0.2) is 22.7 Å². The zero-order valence-electron chi connectivity index (χ0n) is 17.5. The monoisotopic (exact) mass is 384 g/mol. The zero-order valence-corrected chi connectivity index (χ0v) is 17.5. The van der Waals surface area contributed by atoms with Crippen LogP contribution in [0.5, 0.6) is 0 Å². The van der Waals surface area contributed by atoms with Crippen molar-refractivity contribution in [3.63, 3.8) is 0 Å². The molecule has 0 N–H and O–H groups in total. The van der Waals surface area contributed by atoms with Crippen LogP contribution in [0.3, 0.4) is 0 Å². The number of hydrogen-bond donors (Lipinski definition) is 0. The summed E-state index contributed by atoms with van der Waals surface area (Å²) in [5.74, 6) is 1.53. The largest absolute Gasteiger partial charge is 0.425 e. The lowest BCUT2D eigenvalue weighted by Gasteiger charge is -2.40. The Morgan fingerprint density at radius 1 is 1.29 bits per heavy atom. The molecule has 0 fully saturated rings. The van der Waals surface area contributed by atoms with E-state index in [0.717, 1.165) is 37.8 Å². The molecule has 1 unspecified atom stereocenters. The van der Waals surface area contributed by atoms with Gasteiger partial charge >= 0.3 is 0 Å². The van der Waals surface area contributed by atoms with Crippen LogP contribution in [0.2, 0.25) is 0 Å². The second-order valence-corrected chi connectivity index (χ2v) is 7.92. The smallest absolute Gasteiger partial charge is 0.223 e. The van der Waals surface area contributed by atoms with Gasteiger partial charge in [-0.1, -0.05) is 33.8 Å². The average Bonchev–Trinajstić information content (AvgIpc) is 3.19. The molecule has 28 heavy (non-hydrogen) atoms. The predicted octanol–water partition coefficient (Wildman–Crippen LogP) is 4.62. The summed E-state index contributed by atoms with van der Waals surface area (Å²) in [5, 5.41) is 8.18. The first-order chi connectivity index (χ1) is 13.5. The van der Waals surface area contributed by atoms with Crippen molar-refractivity contribution < 1.29 is 9.21 Å². The van der Waals surface area contributed by atoms with Gasteiger partial charge in [0.2, 0.25) is 17.7 Å². The third-order valence-electron chi connectivity index (χ3n) is 5.65. The van der Waals surface area contributed by atoms with E-state index in [9.17, 15) is 4.79 Å². The Morgan fingerprint density at radius 3 is 2.75 bits per heavy atom. The van der Waals surface area contributed by atoms with E-state index in [1.807, 2.05) is 26.1 Å². The first-order valence-corrected chi connectivity index (χ1v) is 10.6. The lowest BCUT2D eigenvalue weighted by Crippen LogP contribution is -2.44. The first-order valence-electron chi connectivity index (χ1n) is 10.6. The highest BCUT2D eigenvalue weighted by Gasteiger charge is 2.33. The summed E-state index contributed by atoms with van der Waals surface area (Å²) in [6.07, 6.45) is 7.71. The number of amides is 1. The molecule has 0 bridgehead atoms. The summed E-state index contributed by atoms with van der Waals surface area (Å²) < 4.78 is 5.68. The third kappa shape index (κ3) is 4.42. The molecule has 1 atom stereocenters. The van der Waals surface area contributed by atoms with Crippen LogP contribution in [0.1, 0.15) is 94.8 Å². The Bertz CT molecular complexity index is 782. The van der Waals surface area contributed by atoms with Gasteiger partial charge in [0.25, 0.3) is 0 Å². The molecule has 1 aliphatic rings. The highest BCUT2D eigenvalue weighted by molar-refractivity contribution is 5.77. The van der Waals surface area contributed by atoms with Gasteiger partial charge in [-0.15, -0.1) is 10.2 Å². The molecule has 0 radical (unpaired) electrons. The summed E-state index contributed by atoms with van der Waals surface area (Å²) in [5.41, 5.74) is 2.36. The third-order valence-corrected chi connectivity index (χ3v) is 5.65. The van der Waals surface area contributed by atoms with Gasteiger partial charge in [-0.05, 0) is 43.7 Å².